The van der Waals surface area contributed by atoms with Gasteiger partial charge in [-0.25, -0.2) is 9.59 Å². The van der Waals surface area contributed by atoms with Crippen molar-refractivity contribution < 1.29 is 32.0 Å². The van der Waals surface area contributed by atoms with Gasteiger partial charge in [0.05, 0.1) is 11.1 Å². The number of ether oxygens (including phenoxy) is 2. The van der Waals surface area contributed by atoms with Gasteiger partial charge in [-0.3, -0.25) is 4.55 Å². The van der Waals surface area contributed by atoms with Crippen LogP contribution in [0.15, 0.2) is 23.1 Å². The maximum Gasteiger partial charge on any atom is 0.340 e. The normalized spacial score (nSPS) is 12.1. The molecule has 1 N–H and O–H groups in total. The second-order valence-corrected chi connectivity index (χ2v) is 8.58. The molecule has 1 aromatic rings. The summed E-state index contributed by atoms with van der Waals surface area (Å²) in [6.07, 6.45) is 0. The Kier molecular flexibility index (Phi) is 8.92. The van der Waals surface area contributed by atoms with Gasteiger partial charge in [-0.1, -0.05) is 0 Å². The smallest absolute Gasteiger partial charge is 0.340 e. The van der Waals surface area contributed by atoms with Crippen molar-refractivity contribution in [2.75, 3.05) is 0 Å². The van der Waals surface area contributed by atoms with E-state index in [1.807, 2.05) is 0 Å². The number of hydrogen-bond donors (Lipinski definition) is 1. The van der Waals surface area contributed by atoms with Gasteiger partial charge in [0.25, 0.3) is 10.1 Å². The molecule has 9 heteroatoms. The van der Waals surface area contributed by atoms with Gasteiger partial charge < -0.3 is 9.47 Å². The average Bonchev–Trinajstić information content (AvgIpc) is 2.32. The van der Waals surface area contributed by atoms with Crippen molar-refractivity contribution in [3.63, 3.8) is 0 Å². The molecule has 135 valence electrons. The zero-order valence-corrected chi connectivity index (χ0v) is 22.6. The van der Waals surface area contributed by atoms with Crippen LogP contribution in [-0.2, 0) is 19.6 Å². The fourth-order valence-electron chi connectivity index (χ4n) is 1.70. The SMILES string of the molecule is CC(C)(C)OC(=O)c1ccc(C(=O)OC(C)(C)C)c(S(=O)(=O)O)c1.[Cs]. The third-order valence-electron chi connectivity index (χ3n) is 2.51. The summed E-state index contributed by atoms with van der Waals surface area (Å²) in [5, 5.41) is 0. The predicted molar refractivity (Wildman–Crippen MR) is 92.3 cm³/mol. The van der Waals surface area contributed by atoms with Crippen LogP contribution in [0, 0.1) is 0 Å². The molecule has 0 bridgehead atoms. The van der Waals surface area contributed by atoms with Crippen LogP contribution >= 0.6 is 0 Å². The van der Waals surface area contributed by atoms with Crippen LogP contribution in [0.5, 0.6) is 0 Å². The molecule has 0 aromatic heterocycles. The molecule has 0 saturated heterocycles. The van der Waals surface area contributed by atoms with Gasteiger partial charge >= 0.3 is 11.9 Å². The number of rotatable bonds is 3. The van der Waals surface area contributed by atoms with E-state index in [4.69, 9.17) is 9.47 Å². The number of benzene rings is 1. The Balaban J connectivity index is 0.00000576. The van der Waals surface area contributed by atoms with E-state index in [0.29, 0.717) is 0 Å². The molecule has 1 aromatic carbocycles. The van der Waals surface area contributed by atoms with Crippen LogP contribution in [0.2, 0.25) is 0 Å². The van der Waals surface area contributed by atoms with E-state index in [1.165, 1.54) is 6.07 Å². The van der Waals surface area contributed by atoms with Gasteiger partial charge in [-0.2, -0.15) is 8.42 Å². The summed E-state index contributed by atoms with van der Waals surface area (Å²) < 4.78 is 42.8. The van der Waals surface area contributed by atoms with Crippen molar-refractivity contribution in [2.24, 2.45) is 0 Å². The largest absolute Gasteiger partial charge is 0.456 e. The maximum atomic E-state index is 12.1. The Labute approximate surface area is 207 Å². The van der Waals surface area contributed by atoms with Gasteiger partial charge in [0, 0.05) is 68.9 Å². The van der Waals surface area contributed by atoms with E-state index in [1.54, 1.807) is 41.5 Å². The van der Waals surface area contributed by atoms with Crippen LogP contribution in [0.1, 0.15) is 62.3 Å². The molecular weight excluding hydrogens is 469 g/mol. The van der Waals surface area contributed by atoms with Crippen LogP contribution in [0.25, 0.3) is 0 Å². The van der Waals surface area contributed by atoms with Crippen molar-refractivity contribution in [1.82, 2.24) is 0 Å². The van der Waals surface area contributed by atoms with E-state index in [9.17, 15) is 22.6 Å². The molecule has 0 spiro atoms. The first-order valence-corrected chi connectivity index (χ1v) is 8.62. The van der Waals surface area contributed by atoms with Gasteiger partial charge in [0.1, 0.15) is 16.1 Å². The number of hydrogen-bond acceptors (Lipinski definition) is 6. The molecule has 0 aliphatic rings. The van der Waals surface area contributed by atoms with Gasteiger partial charge in [0.2, 0.25) is 0 Å². The Morgan fingerprint density at radius 1 is 0.920 bits per heavy atom. The molecule has 0 fully saturated rings. The molecule has 0 atom stereocenters. The summed E-state index contributed by atoms with van der Waals surface area (Å²) in [6.45, 7) is 9.82. The zero-order chi connectivity index (χ0) is 18.9. The Morgan fingerprint density at radius 3 is 1.76 bits per heavy atom. The van der Waals surface area contributed by atoms with Crippen LogP contribution < -0.4 is 0 Å². The molecule has 7 nitrogen and oxygen atoms in total. The zero-order valence-electron chi connectivity index (χ0n) is 15.5. The van der Waals surface area contributed by atoms with E-state index in [-0.39, 0.29) is 80.0 Å². The summed E-state index contributed by atoms with van der Waals surface area (Å²) in [5.74, 6) is -1.70. The molecule has 0 amide bonds. The minimum absolute atomic E-state index is 0. The van der Waals surface area contributed by atoms with Crippen molar-refractivity contribution in [2.45, 2.75) is 57.6 Å². The average molecular weight is 491 g/mol. The van der Waals surface area contributed by atoms with E-state index >= 15 is 0 Å². The van der Waals surface area contributed by atoms with Crippen molar-refractivity contribution in [1.29, 1.82) is 0 Å². The predicted octanol–water partition coefficient (Wildman–Crippen LogP) is 2.46. The summed E-state index contributed by atoms with van der Waals surface area (Å²) in [7, 11) is -4.74. The molecular formula is C16H22CsO7S. The standard InChI is InChI=1S/C16H22O7S.Cs/c1-15(2,3)22-13(17)10-7-8-11(12(9-10)24(19,20)21)14(18)23-16(4,5)6;/h7-9H,1-6H3,(H,19,20,21);. The third-order valence-corrected chi connectivity index (χ3v) is 3.41. The number of esters is 2. The molecule has 0 heterocycles. The molecule has 1 rings (SSSR count). The second kappa shape index (κ2) is 8.87. The van der Waals surface area contributed by atoms with Crippen LogP contribution in [0.3, 0.4) is 0 Å². The first kappa shape index (κ1) is 25.1. The molecule has 0 aliphatic heterocycles. The molecule has 25 heavy (non-hydrogen) atoms. The minimum atomic E-state index is -4.74. The third kappa shape index (κ3) is 8.57. The van der Waals surface area contributed by atoms with Gasteiger partial charge in [0.15, 0.2) is 0 Å². The van der Waals surface area contributed by atoms with E-state index in [2.05, 4.69) is 0 Å². The van der Waals surface area contributed by atoms with Crippen molar-refractivity contribution in [3.8, 4) is 0 Å². The quantitative estimate of drug-likeness (QED) is 0.512. The molecule has 1 radical (unpaired) electrons. The minimum Gasteiger partial charge on any atom is -0.456 e. The van der Waals surface area contributed by atoms with Gasteiger partial charge in [-0.05, 0) is 59.7 Å². The number of carbonyl (C=O) groups is 2. The topological polar surface area (TPSA) is 107 Å². The monoisotopic (exact) mass is 491 g/mol. The fourth-order valence-corrected chi connectivity index (χ4v) is 2.41. The number of carbonyl (C=O) groups excluding carboxylic acids is 2. The van der Waals surface area contributed by atoms with Crippen molar-refractivity contribution in [3.05, 3.63) is 29.3 Å². The summed E-state index contributed by atoms with van der Waals surface area (Å²) >= 11 is 0. The summed E-state index contributed by atoms with van der Waals surface area (Å²) in [5.41, 5.74) is -2.10. The maximum absolute atomic E-state index is 12.1. The van der Waals surface area contributed by atoms with Gasteiger partial charge in [-0.15, -0.1) is 0 Å². The Bertz CT molecular complexity index is 756. The van der Waals surface area contributed by atoms with E-state index in [0.717, 1.165) is 12.1 Å². The van der Waals surface area contributed by atoms with E-state index < -0.39 is 38.2 Å². The first-order valence-electron chi connectivity index (χ1n) is 7.18. The fraction of sp³-hybridized carbons (Fsp3) is 0.500. The molecule has 0 saturated carbocycles. The molecule has 0 aliphatic carbocycles. The second-order valence-electron chi connectivity index (χ2n) is 7.19. The Morgan fingerprint density at radius 2 is 1.36 bits per heavy atom. The van der Waals surface area contributed by atoms with Crippen molar-refractivity contribution >= 4 is 91.0 Å². The Hall–Kier alpha value is 0.122. The molecule has 0 unspecified atom stereocenters. The summed E-state index contributed by atoms with van der Waals surface area (Å²) in [4.78, 5) is 23.5. The summed E-state index contributed by atoms with van der Waals surface area (Å²) in [6, 6.07) is 3.24. The first-order chi connectivity index (χ1) is 10.6. The van der Waals surface area contributed by atoms with Crippen LogP contribution in [-0.4, -0.2) is 105 Å². The van der Waals surface area contributed by atoms with Crippen LogP contribution in [0.4, 0.5) is 0 Å².